The van der Waals surface area contributed by atoms with E-state index in [9.17, 15) is 9.90 Å². The molecule has 1 fully saturated rings. The van der Waals surface area contributed by atoms with Gasteiger partial charge in [0, 0.05) is 62.6 Å². The monoisotopic (exact) mass is 729 g/mol. The summed E-state index contributed by atoms with van der Waals surface area (Å²) in [5.41, 5.74) is 2.15. The smallest absolute Gasteiger partial charge is 0.271 e. The van der Waals surface area contributed by atoms with Crippen molar-refractivity contribution in [3.8, 4) is 5.69 Å². The Morgan fingerprint density at radius 2 is 1.61 bits per heavy atom. The van der Waals surface area contributed by atoms with Gasteiger partial charge in [-0.3, -0.25) is 9.69 Å². The van der Waals surface area contributed by atoms with Gasteiger partial charge in [-0.1, -0.05) is 47.8 Å². The minimum atomic E-state index is -0.691. The van der Waals surface area contributed by atoms with Crippen molar-refractivity contribution >= 4 is 108 Å². The highest BCUT2D eigenvalue weighted by molar-refractivity contribution is 6.43. The van der Waals surface area contributed by atoms with E-state index in [1.807, 2.05) is 41.0 Å². The predicted octanol–water partition coefficient (Wildman–Crippen LogP) is 6.81. The van der Waals surface area contributed by atoms with Crippen LogP contribution in [0.4, 0.5) is 5.69 Å². The molecule has 15 heteroatoms. The molecule has 41 heavy (non-hydrogen) atoms. The highest BCUT2D eigenvalue weighted by Gasteiger charge is 2.22. The average molecular weight is 733 g/mol. The maximum atomic E-state index is 12.8. The third-order valence-electron chi connectivity index (χ3n) is 6.20. The predicted molar refractivity (Wildman–Crippen MR) is 182 cm³/mol. The van der Waals surface area contributed by atoms with E-state index in [-0.39, 0.29) is 74.5 Å². The van der Waals surface area contributed by atoms with Crippen LogP contribution in [0.25, 0.3) is 5.69 Å². The lowest BCUT2D eigenvalue weighted by molar-refractivity contribution is 0.0848. The van der Waals surface area contributed by atoms with Crippen molar-refractivity contribution in [2.24, 2.45) is 0 Å². The van der Waals surface area contributed by atoms with E-state index < -0.39 is 6.10 Å². The van der Waals surface area contributed by atoms with Gasteiger partial charge in [-0.05, 0) is 42.8 Å². The van der Waals surface area contributed by atoms with Crippen LogP contribution in [0.1, 0.15) is 29.7 Å². The van der Waals surface area contributed by atoms with Gasteiger partial charge in [-0.15, -0.1) is 62.0 Å². The van der Waals surface area contributed by atoms with Gasteiger partial charge in [-0.2, -0.15) is 0 Å². The summed E-state index contributed by atoms with van der Waals surface area (Å²) in [6.07, 6.45) is 2.69. The minimum Gasteiger partial charge on any atom is -0.390 e. The van der Waals surface area contributed by atoms with E-state index in [1.165, 1.54) is 0 Å². The Kier molecular flexibility index (Phi) is 20.8. The summed E-state index contributed by atoms with van der Waals surface area (Å²) in [5.74, 6) is 0.503. The molecule has 1 amide bonds. The first-order valence-electron chi connectivity index (χ1n) is 12.1. The maximum absolute atomic E-state index is 12.8. The summed E-state index contributed by atoms with van der Waals surface area (Å²) in [4.78, 5) is 21.7. The number of benzene rings is 2. The molecule has 2 heterocycles. The molecule has 1 atom stereocenters. The number of aliphatic hydroxyl groups is 1. The number of carbonyl (C=O) groups excluding carboxylic acids is 1. The Balaban J connectivity index is 0. The first kappa shape index (κ1) is 42.3. The summed E-state index contributed by atoms with van der Waals surface area (Å²) in [5, 5.41) is 15.1. The summed E-state index contributed by atoms with van der Waals surface area (Å²) in [6, 6.07) is 13.1. The van der Waals surface area contributed by atoms with Gasteiger partial charge in [0.25, 0.3) is 5.91 Å². The van der Waals surface area contributed by atoms with Gasteiger partial charge in [0.1, 0.15) is 11.5 Å². The second-order valence-electron chi connectivity index (χ2n) is 8.86. The molecule has 1 aromatic heterocycles. The molecule has 7 nitrogen and oxygen atoms in total. The standard InChI is InChI=1S/C26H30Cl3N5O2.5ClH/c1-2-4-24-31-22(17-34(24)19-9-7-18(27)8-10-19)26(36)30-15-20(35)16-32-11-13-33(14-12-32)23-6-3-5-21(28)25(23)29;;;;;/h3,5-10,17,20,35H,2,4,11-16H2,1H3,(H,30,36);5*1H. The van der Waals surface area contributed by atoms with Crippen LogP contribution in [0.3, 0.4) is 0 Å². The van der Waals surface area contributed by atoms with E-state index >= 15 is 0 Å². The van der Waals surface area contributed by atoms with Crippen LogP contribution < -0.4 is 10.2 Å². The van der Waals surface area contributed by atoms with E-state index in [1.54, 1.807) is 12.3 Å². The number of β-amino-alcohol motifs (C(OH)–C–C–N with tert-alkyl or cyclic N) is 1. The molecule has 4 rings (SSSR count). The van der Waals surface area contributed by atoms with Crippen LogP contribution >= 0.6 is 96.8 Å². The first-order valence-corrected chi connectivity index (χ1v) is 13.2. The fraction of sp³-hybridized carbons (Fsp3) is 0.385. The average Bonchev–Trinajstić information content (AvgIpc) is 3.29. The number of imidazole rings is 1. The molecule has 1 aliphatic rings. The summed E-state index contributed by atoms with van der Waals surface area (Å²) < 4.78 is 1.91. The number of carbonyl (C=O) groups is 1. The van der Waals surface area contributed by atoms with E-state index in [2.05, 4.69) is 27.0 Å². The molecule has 2 N–H and O–H groups in total. The van der Waals surface area contributed by atoms with E-state index in [0.717, 1.165) is 56.2 Å². The van der Waals surface area contributed by atoms with Crippen molar-refractivity contribution in [3.05, 3.63) is 75.2 Å². The van der Waals surface area contributed by atoms with Gasteiger partial charge in [-0.25, -0.2) is 4.98 Å². The highest BCUT2D eigenvalue weighted by atomic mass is 35.5. The second-order valence-corrected chi connectivity index (χ2v) is 10.1. The van der Waals surface area contributed by atoms with Crippen LogP contribution in [0.15, 0.2) is 48.7 Å². The fourth-order valence-corrected chi connectivity index (χ4v) is 4.87. The molecule has 1 saturated heterocycles. The van der Waals surface area contributed by atoms with Crippen LogP contribution in [-0.2, 0) is 6.42 Å². The Bertz CT molecular complexity index is 1190. The number of aromatic nitrogens is 2. The van der Waals surface area contributed by atoms with Crippen molar-refractivity contribution in [2.75, 3.05) is 44.2 Å². The molecular formula is C26H35Cl8N5O2. The number of piperazine rings is 1. The fourth-order valence-electron chi connectivity index (χ4n) is 4.32. The van der Waals surface area contributed by atoms with Gasteiger partial charge >= 0.3 is 0 Å². The summed E-state index contributed by atoms with van der Waals surface area (Å²) in [6.45, 7) is 5.80. The quantitative estimate of drug-likeness (QED) is 0.253. The van der Waals surface area contributed by atoms with Gasteiger partial charge in [0.2, 0.25) is 0 Å². The Morgan fingerprint density at radius 3 is 2.22 bits per heavy atom. The summed E-state index contributed by atoms with van der Waals surface area (Å²) >= 11 is 18.5. The lowest BCUT2D eigenvalue weighted by Gasteiger charge is -2.37. The molecule has 2 aromatic carbocycles. The molecule has 0 aliphatic carbocycles. The molecule has 232 valence electrons. The molecular weight excluding hydrogens is 698 g/mol. The molecule has 0 spiro atoms. The molecule has 0 saturated carbocycles. The highest BCUT2D eigenvalue weighted by Crippen LogP contribution is 2.32. The van der Waals surface area contributed by atoms with Crippen LogP contribution in [0.5, 0.6) is 0 Å². The number of amides is 1. The topological polar surface area (TPSA) is 73.6 Å². The number of nitrogens with zero attached hydrogens (tertiary/aromatic N) is 4. The van der Waals surface area contributed by atoms with Gasteiger partial charge in [0.05, 0.1) is 21.8 Å². The van der Waals surface area contributed by atoms with Gasteiger partial charge < -0.3 is 19.9 Å². The number of rotatable bonds is 9. The van der Waals surface area contributed by atoms with Crippen LogP contribution in [0.2, 0.25) is 15.1 Å². The molecule has 3 aromatic rings. The first-order chi connectivity index (χ1) is 17.4. The number of anilines is 1. The summed E-state index contributed by atoms with van der Waals surface area (Å²) in [7, 11) is 0. The van der Waals surface area contributed by atoms with Crippen molar-refractivity contribution in [1.82, 2.24) is 19.8 Å². The van der Waals surface area contributed by atoms with Crippen molar-refractivity contribution in [1.29, 1.82) is 0 Å². The second kappa shape index (κ2) is 20.2. The Hall–Kier alpha value is -0.840. The van der Waals surface area contributed by atoms with Crippen LogP contribution in [0, 0.1) is 0 Å². The lowest BCUT2D eigenvalue weighted by Crippen LogP contribution is -2.50. The number of aliphatic hydroxyl groups excluding tert-OH is 1. The van der Waals surface area contributed by atoms with E-state index in [4.69, 9.17) is 34.8 Å². The number of halogens is 8. The number of hydrogen-bond acceptors (Lipinski definition) is 5. The maximum Gasteiger partial charge on any atom is 0.271 e. The van der Waals surface area contributed by atoms with Crippen LogP contribution in [-0.4, -0.2) is 70.8 Å². The molecule has 1 unspecified atom stereocenters. The van der Waals surface area contributed by atoms with Crippen molar-refractivity contribution < 1.29 is 9.90 Å². The zero-order valence-corrected chi connectivity index (χ0v) is 28.5. The van der Waals surface area contributed by atoms with Crippen molar-refractivity contribution in [3.63, 3.8) is 0 Å². The van der Waals surface area contributed by atoms with E-state index in [0.29, 0.717) is 27.3 Å². The SMILES string of the molecule is CCCc1nc(C(=O)NCC(O)CN2CCN(c3cccc(Cl)c3Cl)CC2)cn1-c1ccc(Cl)cc1.Cl.Cl.Cl.Cl.Cl. The normalized spacial score (nSPS) is 13.3. The Labute approximate surface area is 287 Å². The number of hydrogen-bond donors (Lipinski definition) is 2. The lowest BCUT2D eigenvalue weighted by atomic mass is 10.2. The zero-order valence-electron chi connectivity index (χ0n) is 22.2. The minimum absolute atomic E-state index is 0. The van der Waals surface area contributed by atoms with Crippen molar-refractivity contribution in [2.45, 2.75) is 25.9 Å². The van der Waals surface area contributed by atoms with Gasteiger partial charge in [0.15, 0.2) is 0 Å². The number of aryl methyl sites for hydroxylation is 1. The Morgan fingerprint density at radius 1 is 0.976 bits per heavy atom. The number of nitrogens with one attached hydrogen (secondary N) is 1. The molecule has 0 radical (unpaired) electrons. The third kappa shape index (κ3) is 11.3. The molecule has 0 bridgehead atoms. The largest absolute Gasteiger partial charge is 0.390 e. The zero-order chi connectivity index (χ0) is 25.7. The molecule has 1 aliphatic heterocycles. The third-order valence-corrected chi connectivity index (χ3v) is 7.26.